The van der Waals surface area contributed by atoms with Crippen LogP contribution in [0.5, 0.6) is 0 Å². The summed E-state index contributed by atoms with van der Waals surface area (Å²) in [6.07, 6.45) is 0.815. The second kappa shape index (κ2) is 5.48. The summed E-state index contributed by atoms with van der Waals surface area (Å²) in [6, 6.07) is 4.85. The van der Waals surface area contributed by atoms with Gasteiger partial charge >= 0.3 is 0 Å². The third-order valence-corrected chi connectivity index (χ3v) is 3.76. The van der Waals surface area contributed by atoms with Crippen molar-refractivity contribution in [2.75, 3.05) is 0 Å². The maximum absolute atomic E-state index is 10.9. The van der Waals surface area contributed by atoms with Gasteiger partial charge in [-0.05, 0) is 19.4 Å². The molecule has 2 rings (SSSR count). The normalized spacial score (nSPS) is 12.4. The molecule has 100 valence electrons. The first-order chi connectivity index (χ1) is 9.02. The average molecular weight is 326 g/mol. The molecule has 1 aromatic heterocycles. The summed E-state index contributed by atoms with van der Waals surface area (Å²) in [6.45, 7) is 3.67. The molecule has 1 heterocycles. The quantitative estimate of drug-likeness (QED) is 0.485. The maximum Gasteiger partial charge on any atom is 0.273 e. The fraction of sp³-hybridized carbons (Fsp3) is 0.333. The van der Waals surface area contributed by atoms with Crippen LogP contribution in [-0.2, 0) is 0 Å². The van der Waals surface area contributed by atoms with Gasteiger partial charge in [-0.3, -0.25) is 10.1 Å². The van der Waals surface area contributed by atoms with E-state index in [2.05, 4.69) is 26.1 Å². The number of hydrogen-bond acceptors (Lipinski definition) is 5. The number of benzene rings is 1. The molecule has 0 saturated heterocycles. The highest BCUT2D eigenvalue weighted by Gasteiger charge is 2.17. The van der Waals surface area contributed by atoms with E-state index in [1.54, 1.807) is 19.1 Å². The lowest BCUT2D eigenvalue weighted by Crippen LogP contribution is -1.92. The second-order valence-electron chi connectivity index (χ2n) is 4.08. The van der Waals surface area contributed by atoms with Crippen LogP contribution in [0.2, 0.25) is 0 Å². The van der Waals surface area contributed by atoms with E-state index in [4.69, 9.17) is 4.42 Å². The molecule has 6 nitrogen and oxygen atoms in total. The van der Waals surface area contributed by atoms with Crippen LogP contribution in [0.3, 0.4) is 0 Å². The highest BCUT2D eigenvalue weighted by atomic mass is 79.9. The highest BCUT2D eigenvalue weighted by molar-refractivity contribution is 9.09. The van der Waals surface area contributed by atoms with Gasteiger partial charge in [0.1, 0.15) is 0 Å². The van der Waals surface area contributed by atoms with Crippen LogP contribution >= 0.6 is 15.9 Å². The Morgan fingerprint density at radius 3 is 2.84 bits per heavy atom. The standard InChI is InChI=1S/C12H12BrN3O3/c1-3-9(13)12-15-14-11(19-12)8-5-4-7(2)10(6-8)16(17)18/h4-6,9H,3H2,1-2H3. The molecule has 1 unspecified atom stereocenters. The zero-order chi connectivity index (χ0) is 14.0. The molecular formula is C12H12BrN3O3. The van der Waals surface area contributed by atoms with Gasteiger partial charge in [0.15, 0.2) is 0 Å². The van der Waals surface area contributed by atoms with Crippen LogP contribution in [0.4, 0.5) is 5.69 Å². The molecule has 7 heteroatoms. The lowest BCUT2D eigenvalue weighted by molar-refractivity contribution is -0.385. The minimum absolute atomic E-state index is 0.00539. The van der Waals surface area contributed by atoms with Gasteiger partial charge in [0.05, 0.1) is 9.75 Å². The number of halogens is 1. The first-order valence-electron chi connectivity index (χ1n) is 5.75. The first kappa shape index (κ1) is 13.7. The Balaban J connectivity index is 2.39. The van der Waals surface area contributed by atoms with Gasteiger partial charge in [0.2, 0.25) is 11.8 Å². The van der Waals surface area contributed by atoms with E-state index in [0.717, 1.165) is 6.42 Å². The van der Waals surface area contributed by atoms with Crippen LogP contribution in [0.1, 0.15) is 29.6 Å². The summed E-state index contributed by atoms with van der Waals surface area (Å²) in [5, 5.41) is 18.7. The van der Waals surface area contributed by atoms with Gasteiger partial charge in [0, 0.05) is 17.2 Å². The van der Waals surface area contributed by atoms with Gasteiger partial charge in [-0.2, -0.15) is 0 Å². The zero-order valence-corrected chi connectivity index (χ0v) is 12.0. The lowest BCUT2D eigenvalue weighted by Gasteiger charge is -2.00. The Labute approximate surface area is 118 Å². The van der Waals surface area contributed by atoms with E-state index in [1.165, 1.54) is 6.07 Å². The van der Waals surface area contributed by atoms with Crippen LogP contribution in [-0.4, -0.2) is 15.1 Å². The van der Waals surface area contributed by atoms with Crippen molar-refractivity contribution in [2.24, 2.45) is 0 Å². The summed E-state index contributed by atoms with van der Waals surface area (Å²) in [4.78, 5) is 10.5. The van der Waals surface area contributed by atoms with Crippen molar-refractivity contribution < 1.29 is 9.34 Å². The number of aromatic nitrogens is 2. The van der Waals surface area contributed by atoms with Crippen molar-refractivity contribution in [3.05, 3.63) is 39.8 Å². The highest BCUT2D eigenvalue weighted by Crippen LogP contribution is 2.30. The molecule has 0 aliphatic carbocycles. The van der Waals surface area contributed by atoms with E-state index in [0.29, 0.717) is 17.0 Å². The minimum atomic E-state index is -0.421. The molecule has 0 aliphatic heterocycles. The van der Waals surface area contributed by atoms with Crippen molar-refractivity contribution >= 4 is 21.6 Å². The van der Waals surface area contributed by atoms with E-state index in [-0.39, 0.29) is 16.4 Å². The molecule has 2 aromatic rings. The second-order valence-corrected chi connectivity index (χ2v) is 5.18. The lowest BCUT2D eigenvalue weighted by atomic mass is 10.1. The Bertz CT molecular complexity index is 612. The van der Waals surface area contributed by atoms with Crippen LogP contribution < -0.4 is 0 Å². The molecular weight excluding hydrogens is 314 g/mol. The van der Waals surface area contributed by atoms with Gasteiger partial charge < -0.3 is 4.42 Å². The van der Waals surface area contributed by atoms with Gasteiger partial charge in [-0.15, -0.1) is 10.2 Å². The molecule has 19 heavy (non-hydrogen) atoms. The fourth-order valence-corrected chi connectivity index (χ4v) is 1.78. The largest absolute Gasteiger partial charge is 0.419 e. The van der Waals surface area contributed by atoms with Crippen LogP contribution in [0.25, 0.3) is 11.5 Å². The third-order valence-electron chi connectivity index (χ3n) is 2.72. The Morgan fingerprint density at radius 2 is 2.21 bits per heavy atom. The minimum Gasteiger partial charge on any atom is -0.419 e. The summed E-state index contributed by atoms with van der Waals surface area (Å²) in [7, 11) is 0. The molecule has 0 aliphatic rings. The zero-order valence-electron chi connectivity index (χ0n) is 10.5. The molecule has 1 aromatic carbocycles. The number of alkyl halides is 1. The number of hydrogen-bond donors (Lipinski definition) is 0. The Kier molecular flexibility index (Phi) is 3.94. The SMILES string of the molecule is CCC(Br)c1nnc(-c2ccc(C)c([N+](=O)[O-])c2)o1. The van der Waals surface area contributed by atoms with E-state index in [1.807, 2.05) is 6.92 Å². The molecule has 1 atom stereocenters. The first-order valence-corrected chi connectivity index (χ1v) is 6.67. The summed E-state index contributed by atoms with van der Waals surface area (Å²) in [5.74, 6) is 0.761. The average Bonchev–Trinajstić information content (AvgIpc) is 2.87. The van der Waals surface area contributed by atoms with Crippen molar-refractivity contribution in [1.29, 1.82) is 0 Å². The number of nitro benzene ring substituents is 1. The topological polar surface area (TPSA) is 82.1 Å². The maximum atomic E-state index is 10.9. The molecule has 0 radical (unpaired) electrons. The molecule has 0 spiro atoms. The predicted octanol–water partition coefficient (Wildman–Crippen LogP) is 3.80. The third kappa shape index (κ3) is 2.81. The number of nitrogens with zero attached hydrogens (tertiary/aromatic N) is 3. The Morgan fingerprint density at radius 1 is 1.47 bits per heavy atom. The fourth-order valence-electron chi connectivity index (χ4n) is 1.59. The van der Waals surface area contributed by atoms with Crippen LogP contribution in [0, 0.1) is 17.0 Å². The number of nitro groups is 1. The van der Waals surface area contributed by atoms with Crippen molar-refractivity contribution in [1.82, 2.24) is 10.2 Å². The Hall–Kier alpha value is -1.76. The summed E-state index contributed by atoms with van der Waals surface area (Å²) in [5.41, 5.74) is 1.19. The predicted molar refractivity (Wildman–Crippen MR) is 73.1 cm³/mol. The van der Waals surface area contributed by atoms with Crippen molar-refractivity contribution in [3.63, 3.8) is 0 Å². The monoisotopic (exact) mass is 325 g/mol. The molecule has 0 saturated carbocycles. The number of aryl methyl sites for hydroxylation is 1. The van der Waals surface area contributed by atoms with Gasteiger partial charge in [0.25, 0.3) is 5.69 Å². The molecule has 0 amide bonds. The van der Waals surface area contributed by atoms with E-state index >= 15 is 0 Å². The number of rotatable bonds is 4. The van der Waals surface area contributed by atoms with Crippen molar-refractivity contribution in [2.45, 2.75) is 25.1 Å². The summed E-state index contributed by atoms with van der Waals surface area (Å²) >= 11 is 3.42. The van der Waals surface area contributed by atoms with E-state index in [9.17, 15) is 10.1 Å². The van der Waals surface area contributed by atoms with E-state index < -0.39 is 4.92 Å². The van der Waals surface area contributed by atoms with Gasteiger partial charge in [-0.25, -0.2) is 0 Å². The molecule has 0 fully saturated rings. The smallest absolute Gasteiger partial charge is 0.273 e. The van der Waals surface area contributed by atoms with Gasteiger partial charge in [-0.1, -0.05) is 28.9 Å². The van der Waals surface area contributed by atoms with Crippen LogP contribution in [0.15, 0.2) is 22.6 Å². The molecule has 0 bridgehead atoms. The molecule has 0 N–H and O–H groups in total. The summed E-state index contributed by atoms with van der Waals surface area (Å²) < 4.78 is 5.51. The van der Waals surface area contributed by atoms with Crippen molar-refractivity contribution in [3.8, 4) is 11.5 Å².